The van der Waals surface area contributed by atoms with Gasteiger partial charge in [-0.15, -0.1) is 0 Å². The van der Waals surface area contributed by atoms with E-state index in [0.717, 1.165) is 33.8 Å². The second-order valence-corrected chi connectivity index (χ2v) is 7.45. The van der Waals surface area contributed by atoms with E-state index in [-0.39, 0.29) is 0 Å². The average molecular weight is 356 g/mol. The van der Waals surface area contributed by atoms with E-state index in [1.165, 1.54) is 0 Å². The van der Waals surface area contributed by atoms with Crippen LogP contribution >= 0.6 is 0 Å². The minimum absolute atomic E-state index is 0.306. The lowest BCUT2D eigenvalue weighted by Gasteiger charge is -2.28. The van der Waals surface area contributed by atoms with Gasteiger partial charge in [-0.1, -0.05) is 12.1 Å². The second-order valence-electron chi connectivity index (χ2n) is 7.45. The van der Waals surface area contributed by atoms with Gasteiger partial charge in [0, 0.05) is 23.0 Å². The lowest BCUT2D eigenvalue weighted by atomic mass is 10.1. The first-order valence-corrected chi connectivity index (χ1v) is 8.68. The smallest absolute Gasteiger partial charge is 0.415 e. The summed E-state index contributed by atoms with van der Waals surface area (Å²) in [7, 11) is 1.64. The molecular weight excluding hydrogens is 328 g/mol. The number of amides is 1. The van der Waals surface area contributed by atoms with Crippen molar-refractivity contribution in [3.8, 4) is 5.75 Å². The zero-order valence-corrected chi connectivity index (χ0v) is 16.7. The van der Waals surface area contributed by atoms with Crippen LogP contribution in [0.15, 0.2) is 30.5 Å². The number of methoxy groups -OCH3 is 1. The highest BCUT2D eigenvalue weighted by atomic mass is 16.6. The van der Waals surface area contributed by atoms with Gasteiger partial charge in [0.05, 0.1) is 19.3 Å². The van der Waals surface area contributed by atoms with Gasteiger partial charge in [-0.25, -0.2) is 4.79 Å². The molecule has 1 heterocycles. The Hall–Kier alpha value is -2.56. The summed E-state index contributed by atoms with van der Waals surface area (Å²) in [6, 6.07) is 7.79. The summed E-state index contributed by atoms with van der Waals surface area (Å²) in [6.07, 6.45) is 1.37. The first-order chi connectivity index (χ1) is 12.1. The molecule has 5 heteroatoms. The van der Waals surface area contributed by atoms with Crippen LogP contribution in [-0.2, 0) is 11.3 Å². The fraction of sp³-hybridized carbons (Fsp3) is 0.429. The Morgan fingerprint density at radius 2 is 1.88 bits per heavy atom. The molecular formula is C21H28N2O3. The van der Waals surface area contributed by atoms with Gasteiger partial charge in [0.2, 0.25) is 0 Å². The fourth-order valence-corrected chi connectivity index (χ4v) is 2.75. The van der Waals surface area contributed by atoms with Gasteiger partial charge in [-0.2, -0.15) is 0 Å². The van der Waals surface area contributed by atoms with Crippen molar-refractivity contribution in [3.05, 3.63) is 52.8 Å². The number of anilines is 1. The second kappa shape index (κ2) is 7.77. The van der Waals surface area contributed by atoms with E-state index in [2.05, 4.69) is 4.98 Å². The number of benzene rings is 1. The normalized spacial score (nSPS) is 11.2. The highest BCUT2D eigenvalue weighted by Gasteiger charge is 2.25. The summed E-state index contributed by atoms with van der Waals surface area (Å²) in [5.74, 6) is 0.795. The summed E-state index contributed by atoms with van der Waals surface area (Å²) in [5, 5.41) is 0. The Balaban J connectivity index is 2.44. The van der Waals surface area contributed by atoms with Crippen molar-refractivity contribution in [3.63, 3.8) is 0 Å². The summed E-state index contributed by atoms with van der Waals surface area (Å²) in [5.41, 5.74) is 3.94. The molecule has 2 aromatic rings. The van der Waals surface area contributed by atoms with Gasteiger partial charge < -0.3 is 9.47 Å². The van der Waals surface area contributed by atoms with Gasteiger partial charge >= 0.3 is 6.09 Å². The van der Waals surface area contributed by atoms with E-state index in [1.807, 2.05) is 65.8 Å². The maximum absolute atomic E-state index is 12.9. The molecule has 0 saturated heterocycles. The number of aryl methyl sites for hydroxylation is 2. The fourth-order valence-electron chi connectivity index (χ4n) is 2.75. The van der Waals surface area contributed by atoms with E-state index in [0.29, 0.717) is 6.54 Å². The number of hydrogen-bond acceptors (Lipinski definition) is 4. The van der Waals surface area contributed by atoms with Crippen LogP contribution in [0.1, 0.15) is 43.2 Å². The third-order valence-corrected chi connectivity index (χ3v) is 3.98. The molecule has 5 nitrogen and oxygen atoms in total. The monoisotopic (exact) mass is 356 g/mol. The average Bonchev–Trinajstić information content (AvgIpc) is 2.53. The standard InChI is InChI=1S/C21H28N2O3/c1-14-9-8-10-17(11-14)23(20(24)26-21(4,5)6)13-18-16(3)19(25-7)15(2)12-22-18/h8-12H,13H2,1-7H3. The van der Waals surface area contributed by atoms with Crippen molar-refractivity contribution in [1.82, 2.24) is 4.98 Å². The third-order valence-electron chi connectivity index (χ3n) is 3.98. The molecule has 140 valence electrons. The molecule has 0 fully saturated rings. The summed E-state index contributed by atoms with van der Waals surface area (Å²) in [6.45, 7) is 11.8. The highest BCUT2D eigenvalue weighted by molar-refractivity contribution is 5.88. The van der Waals surface area contributed by atoms with E-state index >= 15 is 0 Å². The van der Waals surface area contributed by atoms with Gasteiger partial charge in [0.15, 0.2) is 0 Å². The Kier molecular flexibility index (Phi) is 5.90. The van der Waals surface area contributed by atoms with Crippen molar-refractivity contribution in [2.24, 2.45) is 0 Å². The lowest BCUT2D eigenvalue weighted by molar-refractivity contribution is 0.0577. The van der Waals surface area contributed by atoms with Crippen molar-refractivity contribution in [2.45, 2.75) is 53.7 Å². The molecule has 0 aliphatic rings. The first kappa shape index (κ1) is 19.8. The summed E-state index contributed by atoms with van der Waals surface area (Å²) in [4.78, 5) is 19.0. The number of rotatable bonds is 4. The minimum Gasteiger partial charge on any atom is -0.496 e. The Bertz CT molecular complexity index is 794. The Morgan fingerprint density at radius 3 is 2.46 bits per heavy atom. The van der Waals surface area contributed by atoms with Crippen LogP contribution in [0.25, 0.3) is 0 Å². The number of pyridine rings is 1. The van der Waals surface area contributed by atoms with E-state index in [1.54, 1.807) is 18.2 Å². The largest absolute Gasteiger partial charge is 0.496 e. The first-order valence-electron chi connectivity index (χ1n) is 8.68. The molecule has 26 heavy (non-hydrogen) atoms. The number of carbonyl (C=O) groups excluding carboxylic acids is 1. The molecule has 0 aliphatic heterocycles. The molecule has 0 unspecified atom stereocenters. The molecule has 2 rings (SSSR count). The van der Waals surface area contributed by atoms with Crippen LogP contribution in [0, 0.1) is 20.8 Å². The lowest BCUT2D eigenvalue weighted by Crippen LogP contribution is -2.37. The maximum Gasteiger partial charge on any atom is 0.415 e. The van der Waals surface area contributed by atoms with Crippen molar-refractivity contribution >= 4 is 11.8 Å². The molecule has 1 aromatic carbocycles. The zero-order chi connectivity index (χ0) is 19.5. The van der Waals surface area contributed by atoms with Gasteiger partial charge in [0.1, 0.15) is 11.4 Å². The topological polar surface area (TPSA) is 51.7 Å². The van der Waals surface area contributed by atoms with E-state index < -0.39 is 11.7 Å². The van der Waals surface area contributed by atoms with Crippen molar-refractivity contribution in [2.75, 3.05) is 12.0 Å². The highest BCUT2D eigenvalue weighted by Crippen LogP contribution is 2.27. The van der Waals surface area contributed by atoms with Crippen LogP contribution in [0.3, 0.4) is 0 Å². The predicted molar refractivity (Wildman–Crippen MR) is 104 cm³/mol. The molecule has 0 bridgehead atoms. The van der Waals surface area contributed by atoms with Crippen LogP contribution < -0.4 is 9.64 Å². The molecule has 0 aliphatic carbocycles. The number of aromatic nitrogens is 1. The summed E-state index contributed by atoms with van der Waals surface area (Å²) >= 11 is 0. The van der Waals surface area contributed by atoms with Crippen LogP contribution in [0.4, 0.5) is 10.5 Å². The molecule has 0 saturated carbocycles. The Morgan fingerprint density at radius 1 is 1.19 bits per heavy atom. The number of hydrogen-bond donors (Lipinski definition) is 0. The van der Waals surface area contributed by atoms with E-state index in [4.69, 9.17) is 9.47 Å². The zero-order valence-electron chi connectivity index (χ0n) is 16.7. The maximum atomic E-state index is 12.9. The van der Waals surface area contributed by atoms with Crippen LogP contribution in [0.2, 0.25) is 0 Å². The minimum atomic E-state index is -0.577. The molecule has 1 amide bonds. The number of nitrogens with zero attached hydrogens (tertiary/aromatic N) is 2. The van der Waals surface area contributed by atoms with E-state index in [9.17, 15) is 4.79 Å². The van der Waals surface area contributed by atoms with Crippen LogP contribution in [0.5, 0.6) is 5.75 Å². The molecule has 0 atom stereocenters. The molecule has 0 radical (unpaired) electrons. The third kappa shape index (κ3) is 4.75. The summed E-state index contributed by atoms with van der Waals surface area (Å²) < 4.78 is 11.1. The van der Waals surface area contributed by atoms with Gasteiger partial charge in [0.25, 0.3) is 0 Å². The number of carbonyl (C=O) groups is 1. The molecule has 0 N–H and O–H groups in total. The quantitative estimate of drug-likeness (QED) is 0.777. The van der Waals surface area contributed by atoms with Crippen molar-refractivity contribution in [1.29, 1.82) is 0 Å². The Labute approximate surface area is 156 Å². The van der Waals surface area contributed by atoms with Gasteiger partial charge in [-0.3, -0.25) is 9.88 Å². The molecule has 1 aromatic heterocycles. The SMILES string of the molecule is COc1c(C)cnc(CN(C(=O)OC(C)(C)C)c2cccc(C)c2)c1C. The number of ether oxygens (including phenoxy) is 2. The van der Waals surface area contributed by atoms with Crippen molar-refractivity contribution < 1.29 is 14.3 Å². The van der Waals surface area contributed by atoms with Gasteiger partial charge in [-0.05, 0) is 59.2 Å². The molecule has 0 spiro atoms. The van der Waals surface area contributed by atoms with Crippen LogP contribution in [-0.4, -0.2) is 23.8 Å². The predicted octanol–water partition coefficient (Wildman–Crippen LogP) is 4.96.